The van der Waals surface area contributed by atoms with E-state index in [9.17, 15) is 14.9 Å². The highest BCUT2D eigenvalue weighted by molar-refractivity contribution is 6.06. The topological polar surface area (TPSA) is 123 Å². The molecule has 0 spiro atoms. The van der Waals surface area contributed by atoms with Crippen LogP contribution in [0.15, 0.2) is 34.9 Å². The van der Waals surface area contributed by atoms with Crippen LogP contribution >= 0.6 is 0 Å². The molecule has 3 aromatic rings. The highest BCUT2D eigenvalue weighted by Gasteiger charge is 2.17. The summed E-state index contributed by atoms with van der Waals surface area (Å²) >= 11 is 0. The minimum Gasteiger partial charge on any atom is -0.383 e. The molecule has 0 aliphatic carbocycles. The number of nitrogens with zero attached hydrogens (tertiary/aromatic N) is 3. The number of nitro benzene ring substituents is 1. The molecule has 26 heavy (non-hydrogen) atoms. The zero-order chi connectivity index (χ0) is 18.7. The maximum absolute atomic E-state index is 12.5. The summed E-state index contributed by atoms with van der Waals surface area (Å²) in [4.78, 5) is 26.9. The van der Waals surface area contributed by atoms with E-state index in [-0.39, 0.29) is 11.6 Å². The average Bonchev–Trinajstić information content (AvgIpc) is 2.99. The van der Waals surface area contributed by atoms with Crippen LogP contribution in [0.3, 0.4) is 0 Å². The predicted octanol–water partition coefficient (Wildman–Crippen LogP) is 2.59. The van der Waals surface area contributed by atoms with Gasteiger partial charge in [0.25, 0.3) is 17.3 Å². The molecule has 0 saturated heterocycles. The van der Waals surface area contributed by atoms with Gasteiger partial charge in [-0.05, 0) is 32.0 Å². The lowest BCUT2D eigenvalue weighted by atomic mass is 10.1. The van der Waals surface area contributed by atoms with Gasteiger partial charge in [-0.1, -0.05) is 5.16 Å². The number of rotatable bonds is 6. The molecule has 2 N–H and O–H groups in total. The molecule has 9 heteroatoms. The largest absolute Gasteiger partial charge is 0.383 e. The lowest BCUT2D eigenvalue weighted by Gasteiger charge is -2.09. The molecule has 0 saturated carbocycles. The molecule has 0 atom stereocenters. The van der Waals surface area contributed by atoms with Gasteiger partial charge in [-0.2, -0.15) is 0 Å². The van der Waals surface area contributed by atoms with Crippen molar-refractivity contribution in [2.24, 2.45) is 0 Å². The normalized spacial score (nSPS) is 10.7. The molecule has 0 unspecified atom stereocenters. The summed E-state index contributed by atoms with van der Waals surface area (Å²) in [5.74, 6) is -0.239. The average molecular weight is 355 g/mol. The van der Waals surface area contributed by atoms with Crippen LogP contribution in [0.25, 0.3) is 11.1 Å². The quantitative estimate of drug-likeness (QED) is 0.396. The molecule has 9 nitrogen and oxygen atoms in total. The predicted molar refractivity (Wildman–Crippen MR) is 95.2 cm³/mol. The van der Waals surface area contributed by atoms with Gasteiger partial charge in [0.2, 0.25) is 0 Å². The third-order valence-electron chi connectivity index (χ3n) is 3.81. The van der Waals surface area contributed by atoms with Gasteiger partial charge in [-0.25, -0.2) is 4.98 Å². The van der Waals surface area contributed by atoms with Gasteiger partial charge >= 0.3 is 0 Å². The van der Waals surface area contributed by atoms with Gasteiger partial charge in [-0.15, -0.1) is 0 Å². The maximum Gasteiger partial charge on any atom is 0.269 e. The lowest BCUT2D eigenvalue weighted by Crippen LogP contribution is -2.29. The van der Waals surface area contributed by atoms with Crippen LogP contribution in [0, 0.1) is 24.0 Å². The van der Waals surface area contributed by atoms with E-state index in [1.165, 1.54) is 12.1 Å². The second-order valence-electron chi connectivity index (χ2n) is 5.75. The van der Waals surface area contributed by atoms with Crippen molar-refractivity contribution < 1.29 is 14.2 Å². The van der Waals surface area contributed by atoms with E-state index in [1.807, 2.05) is 0 Å². The summed E-state index contributed by atoms with van der Waals surface area (Å²) in [6.07, 6.45) is 0. The van der Waals surface area contributed by atoms with Crippen molar-refractivity contribution in [3.8, 4) is 0 Å². The standard InChI is InChI=1S/C17H17N5O4/c1-10-9-14(15-11(2)21-26-17(15)20-10)16(23)19-8-7-18-12-3-5-13(6-4-12)22(24)25/h3-6,9,18H,7-8H2,1-2H3,(H,19,23). The first-order valence-electron chi connectivity index (χ1n) is 7.96. The van der Waals surface area contributed by atoms with E-state index < -0.39 is 4.92 Å². The Bertz CT molecular complexity index is 965. The molecule has 1 aromatic carbocycles. The van der Waals surface area contributed by atoms with Gasteiger partial charge in [-0.3, -0.25) is 14.9 Å². The van der Waals surface area contributed by atoms with Gasteiger partial charge in [0, 0.05) is 36.6 Å². The smallest absolute Gasteiger partial charge is 0.269 e. The van der Waals surface area contributed by atoms with Crippen LogP contribution in [0.4, 0.5) is 11.4 Å². The zero-order valence-electron chi connectivity index (χ0n) is 14.3. The molecule has 0 radical (unpaired) electrons. The first-order valence-corrected chi connectivity index (χ1v) is 7.96. The van der Waals surface area contributed by atoms with E-state index in [0.717, 1.165) is 5.69 Å². The number of carbonyl (C=O) groups is 1. The monoisotopic (exact) mass is 355 g/mol. The Morgan fingerprint density at radius 3 is 2.65 bits per heavy atom. The van der Waals surface area contributed by atoms with Crippen LogP contribution in [0.1, 0.15) is 21.7 Å². The summed E-state index contributed by atoms with van der Waals surface area (Å²) < 4.78 is 5.13. The van der Waals surface area contributed by atoms with Crippen LogP contribution in [-0.4, -0.2) is 34.1 Å². The third-order valence-corrected chi connectivity index (χ3v) is 3.81. The number of amides is 1. The summed E-state index contributed by atoms with van der Waals surface area (Å²) in [6, 6.07) is 7.79. The summed E-state index contributed by atoms with van der Waals surface area (Å²) in [6.45, 7) is 4.39. The number of fused-ring (bicyclic) bond motifs is 1. The number of aryl methyl sites for hydroxylation is 2. The number of carbonyl (C=O) groups excluding carboxylic acids is 1. The fourth-order valence-electron chi connectivity index (χ4n) is 2.58. The second kappa shape index (κ2) is 7.18. The highest BCUT2D eigenvalue weighted by Crippen LogP contribution is 2.21. The SMILES string of the molecule is Cc1cc(C(=O)NCCNc2ccc([N+](=O)[O-])cc2)c2c(C)noc2n1. The molecule has 0 fully saturated rings. The van der Waals surface area contributed by atoms with Crippen molar-refractivity contribution in [1.29, 1.82) is 0 Å². The van der Waals surface area contributed by atoms with Gasteiger partial charge in [0.1, 0.15) is 0 Å². The number of aromatic nitrogens is 2. The first kappa shape index (κ1) is 17.3. The first-order chi connectivity index (χ1) is 12.5. The Kier molecular flexibility index (Phi) is 4.78. The summed E-state index contributed by atoms with van der Waals surface area (Å²) in [5.41, 5.74) is 2.87. The molecule has 0 aliphatic heterocycles. The summed E-state index contributed by atoms with van der Waals surface area (Å²) in [5, 5.41) is 21.0. The van der Waals surface area contributed by atoms with Crippen molar-refractivity contribution in [2.75, 3.05) is 18.4 Å². The van der Waals surface area contributed by atoms with E-state index in [2.05, 4.69) is 20.8 Å². The molecular weight excluding hydrogens is 338 g/mol. The van der Waals surface area contributed by atoms with E-state index in [1.54, 1.807) is 32.0 Å². The Balaban J connectivity index is 1.59. The second-order valence-corrected chi connectivity index (χ2v) is 5.75. The molecule has 2 aromatic heterocycles. The Morgan fingerprint density at radius 2 is 1.96 bits per heavy atom. The Morgan fingerprint density at radius 1 is 1.23 bits per heavy atom. The molecular formula is C17H17N5O4. The van der Waals surface area contributed by atoms with E-state index in [4.69, 9.17) is 4.52 Å². The summed E-state index contributed by atoms with van der Waals surface area (Å²) in [7, 11) is 0. The van der Waals surface area contributed by atoms with Crippen molar-refractivity contribution in [1.82, 2.24) is 15.5 Å². The van der Waals surface area contributed by atoms with E-state index in [0.29, 0.717) is 41.1 Å². The van der Waals surface area contributed by atoms with Crippen LogP contribution in [-0.2, 0) is 0 Å². The van der Waals surface area contributed by atoms with Gasteiger partial charge in [0.05, 0.1) is 21.6 Å². The molecule has 134 valence electrons. The minimum absolute atomic E-state index is 0.0324. The number of non-ortho nitro benzene ring substituents is 1. The fraction of sp³-hybridized carbons (Fsp3) is 0.235. The van der Waals surface area contributed by atoms with Gasteiger partial charge < -0.3 is 15.2 Å². The fourth-order valence-corrected chi connectivity index (χ4v) is 2.58. The molecule has 3 rings (SSSR count). The Hall–Kier alpha value is -3.49. The number of hydrogen-bond acceptors (Lipinski definition) is 7. The number of benzene rings is 1. The Labute approximate surface area is 148 Å². The van der Waals surface area contributed by atoms with Crippen molar-refractivity contribution in [3.05, 3.63) is 57.4 Å². The zero-order valence-corrected chi connectivity index (χ0v) is 14.3. The van der Waals surface area contributed by atoms with Gasteiger partial charge in [0.15, 0.2) is 0 Å². The highest BCUT2D eigenvalue weighted by atomic mass is 16.6. The van der Waals surface area contributed by atoms with Crippen molar-refractivity contribution >= 4 is 28.4 Å². The molecule has 0 bridgehead atoms. The maximum atomic E-state index is 12.5. The molecule has 2 heterocycles. The number of hydrogen-bond donors (Lipinski definition) is 2. The molecule has 1 amide bonds. The van der Waals surface area contributed by atoms with Crippen molar-refractivity contribution in [3.63, 3.8) is 0 Å². The van der Waals surface area contributed by atoms with Crippen LogP contribution in [0.2, 0.25) is 0 Å². The van der Waals surface area contributed by atoms with Crippen LogP contribution in [0.5, 0.6) is 0 Å². The van der Waals surface area contributed by atoms with E-state index >= 15 is 0 Å². The number of nitro groups is 1. The van der Waals surface area contributed by atoms with Crippen LogP contribution < -0.4 is 10.6 Å². The number of anilines is 1. The number of nitrogens with one attached hydrogen (secondary N) is 2. The third kappa shape index (κ3) is 3.61. The lowest BCUT2D eigenvalue weighted by molar-refractivity contribution is -0.384. The van der Waals surface area contributed by atoms with Crippen molar-refractivity contribution in [2.45, 2.75) is 13.8 Å². The number of pyridine rings is 1. The minimum atomic E-state index is -0.450. The molecule has 0 aliphatic rings.